The lowest BCUT2D eigenvalue weighted by atomic mass is 9.44. The average molecular weight is 1040 g/mol. The number of benzene rings is 2. The minimum atomic E-state index is -2.37. The van der Waals surface area contributed by atoms with E-state index in [1.165, 1.54) is 45.4 Å². The first kappa shape index (κ1) is 52.8. The van der Waals surface area contributed by atoms with E-state index < -0.39 is 130 Å². The summed E-state index contributed by atoms with van der Waals surface area (Å²) in [5.41, 5.74) is -3.93. The van der Waals surface area contributed by atoms with Crippen molar-refractivity contribution < 1.29 is 66.8 Å². The number of amides is 6. The number of ether oxygens (including phenoxy) is 2. The van der Waals surface area contributed by atoms with Crippen molar-refractivity contribution in [2.45, 2.75) is 120 Å². The number of halogens is 2. The van der Waals surface area contributed by atoms with Crippen LogP contribution in [0, 0.1) is 22.7 Å². The summed E-state index contributed by atoms with van der Waals surface area (Å²) in [5, 5.41) is 32.7. The highest BCUT2D eigenvalue weighted by Crippen LogP contribution is 2.72. The number of aromatic nitrogens is 2. The van der Waals surface area contributed by atoms with Crippen LogP contribution in [0.15, 0.2) is 97.0 Å². The topological polar surface area (TPSA) is 276 Å². The Balaban J connectivity index is 0.795. The summed E-state index contributed by atoms with van der Waals surface area (Å²) < 4.78 is 46.9. The van der Waals surface area contributed by atoms with Crippen molar-refractivity contribution in [3.63, 3.8) is 0 Å². The van der Waals surface area contributed by atoms with Crippen molar-refractivity contribution in [3.05, 3.63) is 119 Å². The quantitative estimate of drug-likeness (QED) is 0.0960. The number of carbonyl (C=O) groups excluding carboxylic acids is 8. The number of nitrogens with one attached hydrogen (secondary N) is 5. The van der Waals surface area contributed by atoms with Gasteiger partial charge in [-0.3, -0.25) is 43.3 Å². The first-order valence-electron chi connectivity index (χ1n) is 25.0. The number of H-pyrrole nitrogens is 1. The van der Waals surface area contributed by atoms with Crippen LogP contribution < -0.4 is 21.3 Å². The Labute approximate surface area is 430 Å². The van der Waals surface area contributed by atoms with Crippen LogP contribution >= 0.6 is 0 Å². The number of imidazole rings is 1. The molecular formula is C54H59F2N7O12. The molecule has 2 aliphatic heterocycles. The molecule has 0 radical (unpaired) electrons. The Morgan fingerprint density at radius 1 is 0.907 bits per heavy atom. The molecule has 4 aliphatic carbocycles. The van der Waals surface area contributed by atoms with Gasteiger partial charge < -0.3 is 45.9 Å². The average Bonchev–Trinajstić information content (AvgIpc) is 4.16. The van der Waals surface area contributed by atoms with Crippen LogP contribution in [0.2, 0.25) is 0 Å². The number of anilines is 1. The number of carbonyl (C=O) groups is 8. The number of fused-ring (bicyclic) bond motifs is 7. The number of hydrogen-bond acceptors (Lipinski definition) is 13. The largest absolute Gasteiger partial charge is 0.390 e. The summed E-state index contributed by atoms with van der Waals surface area (Å²) in [4.78, 5) is 111. The number of Topliss-reactive ketones (excluding diaryl/α,β-unsaturated/α-hetero) is 1. The molecule has 75 heavy (non-hydrogen) atoms. The van der Waals surface area contributed by atoms with Gasteiger partial charge in [0.2, 0.25) is 23.6 Å². The maximum atomic E-state index is 17.8. The van der Waals surface area contributed by atoms with E-state index in [0.29, 0.717) is 23.4 Å². The maximum absolute atomic E-state index is 17.8. The third kappa shape index (κ3) is 9.33. The molecule has 0 spiro atoms. The number of alkyl halides is 2. The number of nitrogens with zero attached hydrogens (tertiary/aromatic N) is 2. The highest BCUT2D eigenvalue weighted by molar-refractivity contribution is 6.13. The van der Waals surface area contributed by atoms with E-state index in [4.69, 9.17) is 9.47 Å². The minimum Gasteiger partial charge on any atom is -0.390 e. The molecule has 1 saturated heterocycles. The first-order chi connectivity index (χ1) is 35.6. The second-order valence-electron chi connectivity index (χ2n) is 20.9. The molecule has 13 atom stereocenters. The Hall–Kier alpha value is -7.07. The van der Waals surface area contributed by atoms with Gasteiger partial charge in [0, 0.05) is 65.7 Å². The number of aromatic amines is 1. The molecule has 2 unspecified atom stereocenters. The lowest BCUT2D eigenvalue weighted by Crippen LogP contribution is -2.70. The fourth-order valence-electron chi connectivity index (χ4n) is 12.5. The third-order valence-electron chi connectivity index (χ3n) is 16.4. The molecular weight excluding hydrogens is 977 g/mol. The Morgan fingerprint density at radius 3 is 2.31 bits per heavy atom. The van der Waals surface area contributed by atoms with E-state index in [-0.39, 0.29) is 44.2 Å². The van der Waals surface area contributed by atoms with Gasteiger partial charge in [-0.15, -0.1) is 0 Å². The number of hydrogen-bond donors (Lipinski definition) is 7. The second-order valence-corrected chi connectivity index (χ2v) is 20.9. The van der Waals surface area contributed by atoms with Crippen molar-refractivity contribution in [2.75, 3.05) is 18.5 Å². The number of aliphatic hydroxyl groups is 2. The molecule has 6 aliphatic rings. The molecule has 3 saturated carbocycles. The van der Waals surface area contributed by atoms with Gasteiger partial charge in [-0.25, -0.2) is 13.8 Å². The molecule has 4 fully saturated rings. The molecule has 0 bridgehead atoms. The molecule has 3 heterocycles. The summed E-state index contributed by atoms with van der Waals surface area (Å²) in [5.74, 6) is -6.57. The fraction of sp³-hybridized carbons (Fsp3) is 0.463. The number of aliphatic hydroxyl groups excluding tert-OH is 2. The van der Waals surface area contributed by atoms with E-state index in [9.17, 15) is 48.6 Å². The van der Waals surface area contributed by atoms with Crippen LogP contribution in [0.3, 0.4) is 0 Å². The minimum absolute atomic E-state index is 0.0110. The molecule has 2 aromatic carbocycles. The number of ketones is 2. The van der Waals surface area contributed by atoms with Crippen LogP contribution in [-0.2, 0) is 60.7 Å². The highest BCUT2D eigenvalue weighted by Gasteiger charge is 2.80. The first-order valence-corrected chi connectivity index (χ1v) is 25.0. The van der Waals surface area contributed by atoms with Crippen LogP contribution in [-0.4, -0.2) is 133 Å². The van der Waals surface area contributed by atoms with Gasteiger partial charge in [0.1, 0.15) is 30.9 Å². The van der Waals surface area contributed by atoms with Crippen LogP contribution in [0.5, 0.6) is 0 Å². The number of allylic oxidation sites excluding steroid dienone is 4. The number of imide groups is 1. The highest BCUT2D eigenvalue weighted by atomic mass is 19.1. The van der Waals surface area contributed by atoms with Gasteiger partial charge >= 0.3 is 0 Å². The summed E-state index contributed by atoms with van der Waals surface area (Å²) >= 11 is 0. The van der Waals surface area contributed by atoms with E-state index in [1.54, 1.807) is 37.3 Å². The van der Waals surface area contributed by atoms with E-state index in [2.05, 4.69) is 31.2 Å². The van der Waals surface area contributed by atoms with Gasteiger partial charge in [-0.05, 0) is 93.4 Å². The maximum Gasteiger partial charge on any atom is 0.253 e. The summed E-state index contributed by atoms with van der Waals surface area (Å²) in [6.45, 7) is 5.01. The van der Waals surface area contributed by atoms with Gasteiger partial charge in [0.15, 0.2) is 29.1 Å². The number of rotatable bonds is 17. The fourth-order valence-corrected chi connectivity index (χ4v) is 12.5. The zero-order chi connectivity index (χ0) is 53.8. The van der Waals surface area contributed by atoms with Gasteiger partial charge in [0.25, 0.3) is 11.8 Å². The molecule has 21 heteroatoms. The van der Waals surface area contributed by atoms with Gasteiger partial charge in [-0.2, -0.15) is 0 Å². The molecule has 9 rings (SSSR count). The molecule has 396 valence electrons. The normalized spacial score (nSPS) is 31.5. The lowest BCUT2D eigenvalue weighted by Gasteiger charge is -2.63. The van der Waals surface area contributed by atoms with Crippen molar-refractivity contribution in [3.8, 4) is 0 Å². The zero-order valence-electron chi connectivity index (χ0n) is 41.6. The van der Waals surface area contributed by atoms with Gasteiger partial charge in [0.05, 0.1) is 24.2 Å². The Morgan fingerprint density at radius 2 is 1.61 bits per heavy atom. The van der Waals surface area contributed by atoms with Crippen molar-refractivity contribution in [1.29, 1.82) is 0 Å². The standard InChI is InChI=1S/C54H59F2N7O12/c1-28(60-49(73)40(20-34-25-57-27-58-34)62-44(68)15-17-63-45(69)12-13-46(63)70)47(71)59-29(2)48(72)61-33-7-5-6-31(19-33)18-30-8-10-32(11-9-30)50-74-43-23-36-37-22-39(55)38-21-35(65)14-16-51(38,3)53(37,56)41(66)24-52(36,4)54(43,75-50)42(67)26-64/h5-14,16,19,21,25,27-29,36-37,39-41,43,50,64,66H,15,17-18,20,22-24,26H2,1-4H3,(H,57,58)(H,59,71)(H,60,73)(H,61,72)(H,62,68)/t28-,29-,36-,37?,39-,40-,41?,43+,50+,51-,52-,53-,54+/m0/s1. The molecule has 7 N–H and O–H groups in total. The Kier molecular flexibility index (Phi) is 14.2. The van der Waals surface area contributed by atoms with Crippen LogP contribution in [0.1, 0.15) is 82.1 Å². The molecule has 3 aromatic rings. The summed E-state index contributed by atoms with van der Waals surface area (Å²) in [7, 11) is 0. The van der Waals surface area contributed by atoms with E-state index in [1.807, 2.05) is 18.2 Å². The predicted molar refractivity (Wildman–Crippen MR) is 262 cm³/mol. The van der Waals surface area contributed by atoms with E-state index in [0.717, 1.165) is 34.3 Å². The zero-order valence-corrected chi connectivity index (χ0v) is 41.6. The van der Waals surface area contributed by atoms with Crippen molar-refractivity contribution in [2.24, 2.45) is 22.7 Å². The van der Waals surface area contributed by atoms with Crippen LogP contribution in [0.4, 0.5) is 14.5 Å². The summed E-state index contributed by atoms with van der Waals surface area (Å²) in [6.07, 6.45) is 3.09. The SMILES string of the molecule is C[C@H](NC(=O)[C@H](C)NC(=O)[C@H](Cc1c[nH]cn1)NC(=O)CCN1C(=O)C=CC1=O)C(=O)Nc1cccc(Cc2ccc([C@@H]3O[C@@H]4C[C@H]5C6C[C@H](F)C7=CC(=O)C=C[C@]7(C)[C@@]6(F)C(O)C[C@]5(C)[C@]4(C(=O)CO)O3)cc2)c1. The molecule has 1 aromatic heterocycles. The predicted octanol–water partition coefficient (Wildman–Crippen LogP) is 2.63. The third-order valence-corrected chi connectivity index (χ3v) is 16.4. The molecule has 6 amide bonds. The molecule has 19 nitrogen and oxygen atoms in total. The Bertz CT molecular complexity index is 2890. The smallest absolute Gasteiger partial charge is 0.253 e. The van der Waals surface area contributed by atoms with Gasteiger partial charge in [-0.1, -0.05) is 49.4 Å². The monoisotopic (exact) mass is 1040 g/mol. The van der Waals surface area contributed by atoms with Crippen LogP contribution in [0.25, 0.3) is 0 Å². The van der Waals surface area contributed by atoms with E-state index >= 15 is 8.78 Å². The second kappa shape index (κ2) is 20.2. The van der Waals surface area contributed by atoms with Crippen molar-refractivity contribution in [1.82, 2.24) is 30.8 Å². The summed E-state index contributed by atoms with van der Waals surface area (Å²) in [6, 6.07) is 10.9. The van der Waals surface area contributed by atoms with Crippen molar-refractivity contribution >= 4 is 52.7 Å². The lowest BCUT2D eigenvalue weighted by molar-refractivity contribution is -0.235.